The van der Waals surface area contributed by atoms with Crippen LogP contribution >= 0.6 is 23.6 Å². The highest BCUT2D eigenvalue weighted by molar-refractivity contribution is 7.73. The molecule has 0 saturated carbocycles. The second-order valence-corrected chi connectivity index (χ2v) is 7.57. The maximum absolute atomic E-state index is 12.3. The van der Waals surface area contributed by atoms with Crippen LogP contribution in [0.25, 0.3) is 0 Å². The summed E-state index contributed by atoms with van der Waals surface area (Å²) in [5.74, 6) is 0.0528. The number of ether oxygens (including phenoxy) is 1. The molecule has 0 unspecified atom stereocenters. The standard InChI is InChI=1S/C17H20N2O2S2/c1-11-15(23-17(22)18-11)10-16(20)19-13-7-8-21-14(9-13)12-5-3-2-4-6-12/h2-6,13-14H,7-10H2,1H3,(H,18,22)(H,19,20)/t13-,14-/m0/s1. The minimum Gasteiger partial charge on any atom is -0.373 e. The van der Waals surface area contributed by atoms with Gasteiger partial charge in [-0.25, -0.2) is 0 Å². The number of carbonyl (C=O) groups is 1. The van der Waals surface area contributed by atoms with Crippen molar-refractivity contribution >= 4 is 29.5 Å². The van der Waals surface area contributed by atoms with Gasteiger partial charge in [0.2, 0.25) is 5.91 Å². The lowest BCUT2D eigenvalue weighted by atomic mass is 9.97. The first-order chi connectivity index (χ1) is 11.1. The molecule has 0 bridgehead atoms. The summed E-state index contributed by atoms with van der Waals surface area (Å²) < 4.78 is 6.57. The Kier molecular flexibility index (Phi) is 5.25. The molecular formula is C17H20N2O2S2. The number of carbonyl (C=O) groups excluding carboxylic acids is 1. The van der Waals surface area contributed by atoms with E-state index in [2.05, 4.69) is 22.4 Å². The SMILES string of the molecule is Cc1[nH]c(=S)sc1CC(=O)N[C@H]1CCO[C@H](c2ccccc2)C1. The van der Waals surface area contributed by atoms with Gasteiger partial charge in [-0.15, -0.1) is 11.3 Å². The first-order valence-corrected chi connectivity index (χ1v) is 8.99. The number of aromatic nitrogens is 1. The number of rotatable bonds is 4. The summed E-state index contributed by atoms with van der Waals surface area (Å²) in [6.45, 7) is 2.63. The minimum absolute atomic E-state index is 0.0528. The summed E-state index contributed by atoms with van der Waals surface area (Å²) in [6, 6.07) is 10.3. The Hall–Kier alpha value is -1.50. The molecule has 2 N–H and O–H groups in total. The Balaban J connectivity index is 1.58. The molecule has 3 rings (SSSR count). The summed E-state index contributed by atoms with van der Waals surface area (Å²) in [5.41, 5.74) is 2.16. The maximum Gasteiger partial charge on any atom is 0.225 e. The average Bonchev–Trinajstić information content (AvgIpc) is 2.86. The number of nitrogens with one attached hydrogen (secondary N) is 2. The maximum atomic E-state index is 12.3. The fourth-order valence-corrected chi connectivity index (χ4v) is 4.15. The molecule has 0 aliphatic carbocycles. The van der Waals surface area contributed by atoms with Crippen LogP contribution in [0.4, 0.5) is 0 Å². The van der Waals surface area contributed by atoms with Gasteiger partial charge >= 0.3 is 0 Å². The zero-order chi connectivity index (χ0) is 16.2. The molecule has 4 nitrogen and oxygen atoms in total. The van der Waals surface area contributed by atoms with E-state index in [9.17, 15) is 4.79 Å². The van der Waals surface area contributed by atoms with E-state index in [0.29, 0.717) is 13.0 Å². The number of aryl methyl sites for hydroxylation is 1. The second-order valence-electron chi connectivity index (χ2n) is 5.80. The smallest absolute Gasteiger partial charge is 0.225 e. The number of aromatic amines is 1. The first-order valence-electron chi connectivity index (χ1n) is 7.76. The highest BCUT2D eigenvalue weighted by atomic mass is 32.1. The molecular weight excluding hydrogens is 328 g/mol. The van der Waals surface area contributed by atoms with E-state index in [0.717, 1.165) is 27.4 Å². The minimum atomic E-state index is 0.0528. The molecule has 1 amide bonds. The van der Waals surface area contributed by atoms with Crippen molar-refractivity contribution in [3.05, 3.63) is 50.4 Å². The number of hydrogen-bond acceptors (Lipinski definition) is 4. The van der Waals surface area contributed by atoms with E-state index in [-0.39, 0.29) is 18.1 Å². The normalized spacial score (nSPS) is 21.1. The van der Waals surface area contributed by atoms with E-state index in [1.54, 1.807) is 0 Å². The van der Waals surface area contributed by atoms with E-state index < -0.39 is 0 Å². The van der Waals surface area contributed by atoms with Crippen LogP contribution in [0.15, 0.2) is 30.3 Å². The Morgan fingerprint density at radius 1 is 1.43 bits per heavy atom. The van der Waals surface area contributed by atoms with Crippen LogP contribution in [-0.4, -0.2) is 23.5 Å². The van der Waals surface area contributed by atoms with Crippen molar-refractivity contribution in [2.75, 3.05) is 6.61 Å². The molecule has 1 aliphatic heterocycles. The van der Waals surface area contributed by atoms with Gasteiger partial charge in [-0.2, -0.15) is 0 Å². The van der Waals surface area contributed by atoms with Crippen LogP contribution < -0.4 is 5.32 Å². The summed E-state index contributed by atoms with van der Waals surface area (Å²) in [5, 5.41) is 3.14. The highest BCUT2D eigenvalue weighted by Crippen LogP contribution is 2.28. The predicted octanol–water partition coefficient (Wildman–Crippen LogP) is 3.69. The van der Waals surface area contributed by atoms with Gasteiger partial charge in [0, 0.05) is 23.2 Å². The van der Waals surface area contributed by atoms with Crippen LogP contribution in [0.2, 0.25) is 0 Å². The topological polar surface area (TPSA) is 54.1 Å². The third-order valence-corrected chi connectivity index (χ3v) is 5.40. The number of benzene rings is 1. The van der Waals surface area contributed by atoms with Crippen LogP contribution in [0.3, 0.4) is 0 Å². The van der Waals surface area contributed by atoms with Crippen molar-refractivity contribution in [2.24, 2.45) is 0 Å². The molecule has 2 atom stereocenters. The monoisotopic (exact) mass is 348 g/mol. The van der Waals surface area contributed by atoms with Crippen molar-refractivity contribution in [3.63, 3.8) is 0 Å². The van der Waals surface area contributed by atoms with Crippen LogP contribution in [-0.2, 0) is 16.0 Å². The summed E-state index contributed by atoms with van der Waals surface area (Å²) in [6.07, 6.45) is 2.12. The lowest BCUT2D eigenvalue weighted by Crippen LogP contribution is -2.40. The molecule has 1 aliphatic rings. The van der Waals surface area contributed by atoms with Gasteiger partial charge in [0.1, 0.15) is 0 Å². The predicted molar refractivity (Wildman–Crippen MR) is 94.2 cm³/mol. The molecule has 0 spiro atoms. The van der Waals surface area contributed by atoms with E-state index >= 15 is 0 Å². The van der Waals surface area contributed by atoms with Crippen molar-refractivity contribution in [3.8, 4) is 0 Å². The lowest BCUT2D eigenvalue weighted by molar-refractivity contribution is -0.122. The molecule has 122 valence electrons. The van der Waals surface area contributed by atoms with Gasteiger partial charge < -0.3 is 15.0 Å². The zero-order valence-electron chi connectivity index (χ0n) is 13.0. The van der Waals surface area contributed by atoms with Gasteiger partial charge in [0.15, 0.2) is 3.95 Å². The Bertz CT molecular complexity index is 724. The van der Waals surface area contributed by atoms with Crippen molar-refractivity contribution in [1.29, 1.82) is 0 Å². The Labute approximate surface area is 144 Å². The summed E-state index contributed by atoms with van der Waals surface area (Å²) in [4.78, 5) is 16.4. The van der Waals surface area contributed by atoms with Crippen molar-refractivity contribution < 1.29 is 9.53 Å². The number of hydrogen-bond donors (Lipinski definition) is 2. The number of amides is 1. The zero-order valence-corrected chi connectivity index (χ0v) is 14.6. The van der Waals surface area contributed by atoms with Crippen LogP contribution in [0.1, 0.15) is 35.1 Å². The van der Waals surface area contributed by atoms with Crippen molar-refractivity contribution in [2.45, 2.75) is 38.3 Å². The third-order valence-electron chi connectivity index (χ3n) is 4.07. The molecule has 6 heteroatoms. The summed E-state index contributed by atoms with van der Waals surface area (Å²) >= 11 is 6.59. The van der Waals surface area contributed by atoms with E-state index in [1.807, 2.05) is 25.1 Å². The molecule has 2 aromatic rings. The lowest BCUT2D eigenvalue weighted by Gasteiger charge is -2.30. The summed E-state index contributed by atoms with van der Waals surface area (Å²) in [7, 11) is 0. The number of H-pyrrole nitrogens is 1. The fraction of sp³-hybridized carbons (Fsp3) is 0.412. The number of thiazole rings is 1. The molecule has 0 radical (unpaired) electrons. The van der Waals surface area contributed by atoms with Gasteiger partial charge in [-0.1, -0.05) is 30.3 Å². The Morgan fingerprint density at radius 2 is 2.22 bits per heavy atom. The van der Waals surface area contributed by atoms with Gasteiger partial charge in [-0.3, -0.25) is 4.79 Å². The molecule has 1 aromatic heterocycles. The molecule has 1 aromatic carbocycles. The quantitative estimate of drug-likeness (QED) is 0.829. The first kappa shape index (κ1) is 16.4. The Morgan fingerprint density at radius 3 is 2.91 bits per heavy atom. The second kappa shape index (κ2) is 7.38. The van der Waals surface area contributed by atoms with Gasteiger partial charge in [-0.05, 0) is 37.5 Å². The van der Waals surface area contributed by atoms with Crippen molar-refractivity contribution in [1.82, 2.24) is 10.3 Å². The van der Waals surface area contributed by atoms with Crippen LogP contribution in [0, 0.1) is 10.9 Å². The third kappa shape index (κ3) is 4.28. The van der Waals surface area contributed by atoms with E-state index in [1.165, 1.54) is 16.9 Å². The molecule has 2 heterocycles. The fourth-order valence-electron chi connectivity index (χ4n) is 2.86. The van der Waals surface area contributed by atoms with Gasteiger partial charge in [0.05, 0.1) is 12.5 Å². The average molecular weight is 348 g/mol. The van der Waals surface area contributed by atoms with Crippen LogP contribution in [0.5, 0.6) is 0 Å². The van der Waals surface area contributed by atoms with Gasteiger partial charge in [0.25, 0.3) is 0 Å². The van der Waals surface area contributed by atoms with E-state index in [4.69, 9.17) is 17.0 Å². The largest absolute Gasteiger partial charge is 0.373 e. The molecule has 23 heavy (non-hydrogen) atoms. The molecule has 1 fully saturated rings. The molecule has 1 saturated heterocycles. The highest BCUT2D eigenvalue weighted by Gasteiger charge is 2.25.